The second-order valence-electron chi connectivity index (χ2n) is 17.0. The summed E-state index contributed by atoms with van der Waals surface area (Å²) in [5, 5.41) is 0.970. The fraction of sp³-hybridized carbons (Fsp3) is 0.160. The fourth-order valence-electron chi connectivity index (χ4n) is 8.27. The number of pyridine rings is 1. The van der Waals surface area contributed by atoms with E-state index in [-0.39, 0.29) is 38.6 Å². The van der Waals surface area contributed by atoms with Crippen LogP contribution < -0.4 is 26.2 Å². The number of para-hydroxylation sites is 3. The van der Waals surface area contributed by atoms with E-state index in [0.717, 1.165) is 61.0 Å². The Bertz CT molecular complexity index is 2750. The van der Waals surface area contributed by atoms with Gasteiger partial charge in [-0.25, -0.2) is 0 Å². The number of hydrogen-bond donors (Lipinski definition) is 0. The van der Waals surface area contributed by atoms with Gasteiger partial charge in [0.25, 0.3) is 0 Å². The first kappa shape index (κ1) is 37.3. The van der Waals surface area contributed by atoms with E-state index in [1.807, 2.05) is 6.20 Å². The third-order valence-electron chi connectivity index (χ3n) is 11.2. The van der Waals surface area contributed by atoms with Crippen molar-refractivity contribution in [3.05, 3.63) is 163 Å². The third-order valence-corrected chi connectivity index (χ3v) is 12.3. The van der Waals surface area contributed by atoms with Crippen molar-refractivity contribution < 1.29 is 21.1 Å². The number of aromatic nitrogens is 2. The molecule has 4 heterocycles. The molecule has 0 saturated heterocycles. The van der Waals surface area contributed by atoms with E-state index >= 15 is 0 Å². The van der Waals surface area contributed by atoms with Crippen LogP contribution in [0.4, 0.5) is 34.1 Å². The summed E-state index contributed by atoms with van der Waals surface area (Å²) in [4.78, 5) is 14.9. The van der Waals surface area contributed by atoms with Crippen LogP contribution in [0.15, 0.2) is 140 Å². The maximum atomic E-state index is 5.10. The molecule has 0 radical (unpaired) electrons. The zero-order valence-electron chi connectivity index (χ0n) is 32.9. The van der Waals surface area contributed by atoms with Crippen molar-refractivity contribution in [1.82, 2.24) is 9.97 Å². The summed E-state index contributed by atoms with van der Waals surface area (Å²) >= 11 is 1.72. The minimum absolute atomic E-state index is 0. The Balaban J connectivity index is 0.00000422. The maximum Gasteiger partial charge on any atom is 2.00 e. The van der Waals surface area contributed by atoms with Crippen LogP contribution in [0.25, 0.3) is 32.0 Å². The van der Waals surface area contributed by atoms with Crippen LogP contribution in [-0.2, 0) is 31.9 Å². The minimum atomic E-state index is -0.154. The monoisotopic (exact) mass is 935 g/mol. The first-order chi connectivity index (χ1) is 27.0. The molecule has 2 aliphatic rings. The molecule has 0 saturated carbocycles. The molecular weight excluding hydrogens is 895 g/mol. The van der Waals surface area contributed by atoms with Crippen LogP contribution in [0.2, 0.25) is 0 Å². The third kappa shape index (κ3) is 6.35. The summed E-state index contributed by atoms with van der Waals surface area (Å²) in [7, 11) is 0. The largest absolute Gasteiger partial charge is 2.00 e. The van der Waals surface area contributed by atoms with Gasteiger partial charge in [-0.05, 0) is 99.1 Å². The van der Waals surface area contributed by atoms with Crippen LogP contribution in [0, 0.1) is 12.1 Å². The Morgan fingerprint density at radius 3 is 1.68 bits per heavy atom. The van der Waals surface area contributed by atoms with Crippen LogP contribution in [0.1, 0.15) is 52.7 Å². The molecule has 6 aromatic carbocycles. The molecule has 2 aromatic heterocycles. The van der Waals surface area contributed by atoms with Crippen molar-refractivity contribution in [2.24, 2.45) is 0 Å². The van der Waals surface area contributed by atoms with E-state index in [9.17, 15) is 0 Å². The molecule has 280 valence electrons. The van der Waals surface area contributed by atoms with Gasteiger partial charge in [-0.15, -0.1) is 58.5 Å². The first-order valence-corrected chi connectivity index (χ1v) is 20.2. The van der Waals surface area contributed by atoms with Crippen LogP contribution in [0.5, 0.6) is 0 Å². The van der Waals surface area contributed by atoms with Gasteiger partial charge in [-0.2, -0.15) is 11.3 Å². The Hall–Kier alpha value is -5.29. The second-order valence-corrected chi connectivity index (χ2v) is 18.0. The summed E-state index contributed by atoms with van der Waals surface area (Å²) in [5.41, 5.74) is 16.6. The zero-order chi connectivity index (χ0) is 38.3. The smallest absolute Gasteiger partial charge is 0.352 e. The summed E-state index contributed by atoms with van der Waals surface area (Å²) in [6.07, 6.45) is 1.94. The van der Waals surface area contributed by atoms with Gasteiger partial charge in [0.2, 0.25) is 6.71 Å². The molecule has 0 bridgehead atoms. The standard InChI is InChI=1S/C50H41BN4S.Pt/c1-49(2,3)34-25-26-52-41(29-34)32-21-23-42-38(27-32)51-39-28-33(48-53-40-19-13-14-20-46(40)56-48)22-24-43(39)55(37-17-11-8-12-18-37)45-31-35(50(4,5)6)30-44(47(45)51)54(42)36-15-9-7-10-16-36;/h7-26,29-31H,1-6H3;/q-2;+2. The summed E-state index contributed by atoms with van der Waals surface area (Å²) in [6, 6.07) is 56.2. The van der Waals surface area contributed by atoms with Crippen LogP contribution >= 0.6 is 11.3 Å². The SMILES string of the molecule is CC(C)(C)c1ccnc(-c2[c-]c3c(cc2)N(c2ccccc2)c2cc(C(C)(C)C)cc4c2B3c2[c-]c(-c3nc5ccccc5s3)ccc2N4c2ccccc2)c1.[Pt+2]. The van der Waals surface area contributed by atoms with E-state index in [1.54, 1.807) is 11.3 Å². The molecule has 0 unspecified atom stereocenters. The second kappa shape index (κ2) is 14.0. The molecule has 4 nitrogen and oxygen atoms in total. The molecule has 0 N–H and O–H groups in total. The van der Waals surface area contributed by atoms with E-state index in [4.69, 9.17) is 9.97 Å². The van der Waals surface area contributed by atoms with Gasteiger partial charge in [0.1, 0.15) is 0 Å². The van der Waals surface area contributed by atoms with Crippen molar-refractivity contribution >= 4 is 78.8 Å². The molecule has 0 atom stereocenters. The predicted molar refractivity (Wildman–Crippen MR) is 237 cm³/mol. The van der Waals surface area contributed by atoms with Gasteiger partial charge >= 0.3 is 21.1 Å². The van der Waals surface area contributed by atoms with E-state index in [0.29, 0.717) is 0 Å². The number of anilines is 6. The van der Waals surface area contributed by atoms with E-state index in [1.165, 1.54) is 32.7 Å². The molecule has 2 aliphatic heterocycles. The Morgan fingerprint density at radius 2 is 1.11 bits per heavy atom. The van der Waals surface area contributed by atoms with Gasteiger partial charge in [-0.3, -0.25) is 4.98 Å². The molecule has 7 heteroatoms. The molecule has 8 aromatic rings. The van der Waals surface area contributed by atoms with E-state index in [2.05, 4.69) is 197 Å². The van der Waals surface area contributed by atoms with Crippen LogP contribution in [-0.4, -0.2) is 16.7 Å². The maximum absolute atomic E-state index is 5.10. The summed E-state index contributed by atoms with van der Waals surface area (Å²) < 4.78 is 1.17. The van der Waals surface area contributed by atoms with Gasteiger partial charge in [0.05, 0.1) is 5.52 Å². The molecule has 10 rings (SSSR count). The predicted octanol–water partition coefficient (Wildman–Crippen LogP) is 11.3. The van der Waals surface area contributed by atoms with Crippen molar-refractivity contribution in [3.63, 3.8) is 0 Å². The molecule has 0 aliphatic carbocycles. The number of rotatable bonds is 4. The van der Waals surface area contributed by atoms with Crippen molar-refractivity contribution in [2.75, 3.05) is 9.80 Å². The Labute approximate surface area is 354 Å². The van der Waals surface area contributed by atoms with Crippen molar-refractivity contribution in [1.29, 1.82) is 0 Å². The van der Waals surface area contributed by atoms with Crippen LogP contribution in [0.3, 0.4) is 0 Å². The quantitative estimate of drug-likeness (QED) is 0.130. The normalized spacial score (nSPS) is 13.2. The molecule has 57 heavy (non-hydrogen) atoms. The van der Waals surface area contributed by atoms with Crippen molar-refractivity contribution in [2.45, 2.75) is 52.4 Å². The number of fused-ring (bicyclic) bond motifs is 5. The Morgan fingerprint density at radius 1 is 0.561 bits per heavy atom. The van der Waals surface area contributed by atoms with Gasteiger partial charge in [0.15, 0.2) is 0 Å². The first-order valence-electron chi connectivity index (χ1n) is 19.4. The topological polar surface area (TPSA) is 32.3 Å². The molecule has 0 amide bonds. The zero-order valence-corrected chi connectivity index (χ0v) is 36.0. The molecule has 0 fully saturated rings. The fourth-order valence-corrected chi connectivity index (χ4v) is 9.21. The molecule has 0 spiro atoms. The average molecular weight is 936 g/mol. The van der Waals surface area contributed by atoms with E-state index < -0.39 is 0 Å². The number of benzene rings is 6. The minimum Gasteiger partial charge on any atom is -0.352 e. The number of hydrogen-bond acceptors (Lipinski definition) is 5. The summed E-state index contributed by atoms with van der Waals surface area (Å²) in [6.45, 7) is 13.5. The van der Waals surface area contributed by atoms with Gasteiger partial charge in [-0.1, -0.05) is 96.1 Å². The van der Waals surface area contributed by atoms with Gasteiger partial charge in [0, 0.05) is 38.7 Å². The molecular formula is C50H41BN4PtS. The number of nitrogens with zero attached hydrogens (tertiary/aromatic N) is 4. The average Bonchev–Trinajstić information content (AvgIpc) is 3.65. The van der Waals surface area contributed by atoms with Gasteiger partial charge < -0.3 is 14.8 Å². The van der Waals surface area contributed by atoms with Crippen molar-refractivity contribution in [3.8, 4) is 21.8 Å². The summed E-state index contributed by atoms with van der Waals surface area (Å²) in [5.74, 6) is 0. The number of thiazole rings is 1. The Kier molecular flexibility index (Phi) is 9.14.